The van der Waals surface area contributed by atoms with Gasteiger partial charge in [0, 0.05) is 4.90 Å². The first-order valence-corrected chi connectivity index (χ1v) is 5.56. The van der Waals surface area contributed by atoms with Crippen molar-refractivity contribution >= 4 is 11.8 Å². The van der Waals surface area contributed by atoms with Gasteiger partial charge in [-0.1, -0.05) is 11.8 Å². The van der Waals surface area contributed by atoms with Crippen molar-refractivity contribution < 1.29 is 10.2 Å². The summed E-state index contributed by atoms with van der Waals surface area (Å²) in [5.74, 6) is 0.471. The maximum Gasteiger partial charge on any atom is 0.116 e. The number of thioether (sulfide) groups is 1. The molecule has 3 heteroatoms. The van der Waals surface area contributed by atoms with Gasteiger partial charge < -0.3 is 10.2 Å². The summed E-state index contributed by atoms with van der Waals surface area (Å²) in [4.78, 5) is 1.92. The van der Waals surface area contributed by atoms with E-state index in [-0.39, 0.29) is 11.5 Å². The number of aromatic hydroxyl groups is 1. The lowest BCUT2D eigenvalue weighted by atomic mass is 10.3. The predicted octanol–water partition coefficient (Wildman–Crippen LogP) is 3.54. The second kappa shape index (κ2) is 4.79. The molecule has 0 radical (unpaired) electrons. The molecule has 0 saturated carbocycles. The van der Waals surface area contributed by atoms with Crippen LogP contribution in [0.15, 0.2) is 69.9 Å². The quantitative estimate of drug-likeness (QED) is 0.763. The Morgan fingerprint density at radius 2 is 1.75 bits per heavy atom. The molecule has 0 aromatic heterocycles. The fourth-order valence-corrected chi connectivity index (χ4v) is 1.97. The normalized spacial score (nSPS) is 14.2. The Labute approximate surface area is 97.9 Å². The third-order valence-corrected chi connectivity index (χ3v) is 2.93. The van der Waals surface area contributed by atoms with Crippen LogP contribution < -0.4 is 0 Å². The van der Waals surface area contributed by atoms with Crippen LogP contribution >= 0.6 is 11.8 Å². The van der Waals surface area contributed by atoms with Gasteiger partial charge in [-0.3, -0.25) is 0 Å². The van der Waals surface area contributed by atoms with Crippen LogP contribution in [0.5, 0.6) is 5.75 Å². The van der Waals surface area contributed by atoms with Gasteiger partial charge in [-0.2, -0.15) is 0 Å². The summed E-state index contributed by atoms with van der Waals surface area (Å²) in [5.41, 5.74) is 3.04. The SMILES string of the molecule is OC1=CC=C=C(Sc2ccc(O)cc2)C=C1. The second-order valence-corrected chi connectivity index (χ2v) is 4.31. The number of hydrogen-bond donors (Lipinski definition) is 2. The molecule has 0 heterocycles. The van der Waals surface area contributed by atoms with Crippen LogP contribution in [0, 0.1) is 0 Å². The summed E-state index contributed by atoms with van der Waals surface area (Å²) in [6.07, 6.45) is 6.69. The van der Waals surface area contributed by atoms with Gasteiger partial charge in [0.05, 0.1) is 4.91 Å². The van der Waals surface area contributed by atoms with E-state index in [0.29, 0.717) is 0 Å². The van der Waals surface area contributed by atoms with Crippen LogP contribution in [0.1, 0.15) is 0 Å². The lowest BCUT2D eigenvalue weighted by molar-refractivity contribution is 0.433. The van der Waals surface area contributed by atoms with Crippen molar-refractivity contribution in [2.75, 3.05) is 0 Å². The number of phenolic OH excluding ortho intramolecular Hbond substituents is 1. The van der Waals surface area contributed by atoms with Crippen molar-refractivity contribution in [2.24, 2.45) is 0 Å². The molecule has 16 heavy (non-hydrogen) atoms. The van der Waals surface area contributed by atoms with Gasteiger partial charge in [0.15, 0.2) is 0 Å². The molecule has 0 aliphatic heterocycles. The highest BCUT2D eigenvalue weighted by Crippen LogP contribution is 2.28. The maximum atomic E-state index is 9.26. The number of aliphatic hydroxyl groups excluding tert-OH is 1. The lowest BCUT2D eigenvalue weighted by Crippen LogP contribution is -1.73. The van der Waals surface area contributed by atoms with E-state index in [1.54, 1.807) is 36.4 Å². The van der Waals surface area contributed by atoms with E-state index in [4.69, 9.17) is 5.11 Å². The molecule has 2 N–H and O–H groups in total. The molecule has 1 aliphatic rings. The van der Waals surface area contributed by atoms with Gasteiger partial charge in [-0.25, -0.2) is 0 Å². The molecule has 0 unspecified atom stereocenters. The van der Waals surface area contributed by atoms with E-state index < -0.39 is 0 Å². The van der Waals surface area contributed by atoms with Gasteiger partial charge in [-0.15, -0.1) is 5.73 Å². The molecule has 0 fully saturated rings. The lowest BCUT2D eigenvalue weighted by Gasteiger charge is -1.99. The predicted molar refractivity (Wildman–Crippen MR) is 65.4 cm³/mol. The van der Waals surface area contributed by atoms with Crippen LogP contribution in [-0.2, 0) is 0 Å². The van der Waals surface area contributed by atoms with Crippen LogP contribution in [0.3, 0.4) is 0 Å². The Morgan fingerprint density at radius 3 is 2.50 bits per heavy atom. The van der Waals surface area contributed by atoms with E-state index in [1.807, 2.05) is 12.1 Å². The Hall–Kier alpha value is -1.83. The first-order chi connectivity index (χ1) is 7.74. The zero-order valence-corrected chi connectivity index (χ0v) is 9.24. The molecule has 2 nitrogen and oxygen atoms in total. The Morgan fingerprint density at radius 1 is 1.00 bits per heavy atom. The number of hydrogen-bond acceptors (Lipinski definition) is 3. The summed E-state index contributed by atoms with van der Waals surface area (Å²) >= 11 is 1.52. The van der Waals surface area contributed by atoms with Gasteiger partial charge in [0.2, 0.25) is 0 Å². The van der Waals surface area contributed by atoms with Gasteiger partial charge in [-0.05, 0) is 48.6 Å². The van der Waals surface area contributed by atoms with E-state index >= 15 is 0 Å². The van der Waals surface area contributed by atoms with Crippen molar-refractivity contribution in [1.29, 1.82) is 0 Å². The molecule has 1 aromatic carbocycles. The van der Waals surface area contributed by atoms with Gasteiger partial charge in [0.25, 0.3) is 0 Å². The molecule has 2 rings (SSSR count). The Bertz CT molecular complexity index is 503. The number of rotatable bonds is 2. The zero-order chi connectivity index (χ0) is 11.4. The summed E-state index contributed by atoms with van der Waals surface area (Å²) in [6, 6.07) is 6.95. The third kappa shape index (κ3) is 2.83. The van der Waals surface area contributed by atoms with Crippen molar-refractivity contribution in [2.45, 2.75) is 4.90 Å². The molecule has 1 aliphatic carbocycles. The minimum Gasteiger partial charge on any atom is -0.508 e. The first-order valence-electron chi connectivity index (χ1n) is 4.75. The van der Waals surface area contributed by atoms with E-state index in [1.165, 1.54) is 11.8 Å². The topological polar surface area (TPSA) is 40.5 Å². The van der Waals surface area contributed by atoms with E-state index in [0.717, 1.165) is 9.80 Å². The molecule has 0 atom stereocenters. The van der Waals surface area contributed by atoms with E-state index in [2.05, 4.69) is 5.73 Å². The number of phenols is 1. The third-order valence-electron chi connectivity index (χ3n) is 1.95. The molecule has 0 amide bonds. The van der Waals surface area contributed by atoms with Crippen LogP contribution in [-0.4, -0.2) is 10.2 Å². The fraction of sp³-hybridized carbons (Fsp3) is 0. The summed E-state index contributed by atoms with van der Waals surface area (Å²) in [5, 5.41) is 18.4. The fourth-order valence-electron chi connectivity index (χ4n) is 1.18. The minimum absolute atomic E-state index is 0.216. The van der Waals surface area contributed by atoms with Crippen LogP contribution in [0.4, 0.5) is 0 Å². The summed E-state index contributed by atoms with van der Waals surface area (Å²) in [7, 11) is 0. The van der Waals surface area contributed by atoms with Gasteiger partial charge in [0.1, 0.15) is 11.5 Å². The standard InChI is InChI=1S/C13H10O2S/c14-10-2-1-3-12(7-4-10)16-13-8-5-11(15)6-9-13/h1-2,4-9,14-15H. The maximum absolute atomic E-state index is 9.26. The molecular formula is C13H10O2S. The highest BCUT2D eigenvalue weighted by Gasteiger charge is 1.99. The van der Waals surface area contributed by atoms with Crippen molar-refractivity contribution in [3.05, 3.63) is 65.0 Å². The molecule has 0 spiro atoms. The molecule has 1 aromatic rings. The molecular weight excluding hydrogens is 220 g/mol. The average molecular weight is 230 g/mol. The Balaban J connectivity index is 2.15. The highest BCUT2D eigenvalue weighted by atomic mass is 32.2. The average Bonchev–Trinajstić information content (AvgIpc) is 2.47. The summed E-state index contributed by atoms with van der Waals surface area (Å²) in [6.45, 7) is 0. The zero-order valence-electron chi connectivity index (χ0n) is 8.42. The molecule has 0 saturated heterocycles. The minimum atomic E-state index is 0.216. The van der Waals surface area contributed by atoms with Crippen LogP contribution in [0.25, 0.3) is 0 Å². The first kappa shape index (κ1) is 10.7. The molecule has 80 valence electrons. The van der Waals surface area contributed by atoms with Crippen LogP contribution in [0.2, 0.25) is 0 Å². The summed E-state index contributed by atoms with van der Waals surface area (Å²) < 4.78 is 0. The molecule has 0 bridgehead atoms. The Kier molecular flexibility index (Phi) is 3.20. The van der Waals surface area contributed by atoms with Crippen molar-refractivity contribution in [1.82, 2.24) is 0 Å². The van der Waals surface area contributed by atoms with Crippen molar-refractivity contribution in [3.63, 3.8) is 0 Å². The highest BCUT2D eigenvalue weighted by molar-refractivity contribution is 8.03. The van der Waals surface area contributed by atoms with E-state index in [9.17, 15) is 5.11 Å². The number of benzene rings is 1. The second-order valence-electron chi connectivity index (χ2n) is 3.20. The monoisotopic (exact) mass is 230 g/mol. The number of aliphatic hydroxyl groups is 1. The number of allylic oxidation sites excluding steroid dienone is 3. The smallest absolute Gasteiger partial charge is 0.116 e. The van der Waals surface area contributed by atoms with Crippen molar-refractivity contribution in [3.8, 4) is 5.75 Å². The van der Waals surface area contributed by atoms with Gasteiger partial charge >= 0.3 is 0 Å². The largest absolute Gasteiger partial charge is 0.508 e.